The molecule has 0 saturated carbocycles. The van der Waals surface area contributed by atoms with Gasteiger partial charge in [-0.3, -0.25) is 4.98 Å². The number of fused-ring (bicyclic) bond motifs is 1. The molecule has 2 aromatic carbocycles. The molecular weight excluding hydrogens is 376 g/mol. The molecule has 3 aromatic heterocycles. The lowest BCUT2D eigenvalue weighted by molar-refractivity contribution is 0.863. The number of nitrogens with zero attached hydrogens (tertiary/aromatic N) is 6. The van der Waals surface area contributed by atoms with Crippen molar-refractivity contribution in [2.24, 2.45) is 0 Å². The Labute approximate surface area is 172 Å². The first-order valence-electron chi connectivity index (χ1n) is 9.42. The van der Waals surface area contributed by atoms with Gasteiger partial charge >= 0.3 is 0 Å². The molecule has 0 radical (unpaired) electrons. The molecule has 146 valence electrons. The average Bonchev–Trinajstić information content (AvgIpc) is 3.21. The highest BCUT2D eigenvalue weighted by Crippen LogP contribution is 2.22. The molecule has 0 aliphatic rings. The molecule has 0 unspecified atom stereocenters. The second-order valence-electron chi connectivity index (χ2n) is 6.74. The van der Waals surface area contributed by atoms with E-state index < -0.39 is 0 Å². The summed E-state index contributed by atoms with van der Waals surface area (Å²) < 4.78 is 1.74. The van der Waals surface area contributed by atoms with Crippen LogP contribution >= 0.6 is 0 Å². The van der Waals surface area contributed by atoms with Crippen molar-refractivity contribution in [1.82, 2.24) is 29.7 Å². The molecule has 5 rings (SSSR count). The Hall–Kier alpha value is -4.33. The smallest absolute Gasteiger partial charge is 0.229 e. The van der Waals surface area contributed by atoms with E-state index in [0.29, 0.717) is 11.8 Å². The molecule has 0 bridgehead atoms. The zero-order valence-corrected chi connectivity index (χ0v) is 16.2. The molecule has 0 spiro atoms. The number of anilines is 4. The minimum Gasteiger partial charge on any atom is -0.340 e. The highest BCUT2D eigenvalue weighted by molar-refractivity contribution is 5.85. The quantitative estimate of drug-likeness (QED) is 0.456. The van der Waals surface area contributed by atoms with Crippen LogP contribution in [0.5, 0.6) is 0 Å². The van der Waals surface area contributed by atoms with Crippen molar-refractivity contribution < 1.29 is 0 Å². The van der Waals surface area contributed by atoms with Gasteiger partial charge in [0.2, 0.25) is 5.95 Å². The highest BCUT2D eigenvalue weighted by Gasteiger charge is 2.04. The first-order chi connectivity index (χ1) is 14.7. The topological polar surface area (TPSA) is 93.4 Å². The zero-order valence-electron chi connectivity index (χ0n) is 16.2. The second-order valence-corrected chi connectivity index (χ2v) is 6.74. The van der Waals surface area contributed by atoms with Gasteiger partial charge in [-0.15, -0.1) is 0 Å². The predicted octanol–water partition coefficient (Wildman–Crippen LogP) is 4.40. The van der Waals surface area contributed by atoms with Gasteiger partial charge in [-0.2, -0.15) is 10.1 Å². The first-order valence-corrected chi connectivity index (χ1v) is 9.42. The van der Waals surface area contributed by atoms with Crippen molar-refractivity contribution in [2.75, 3.05) is 10.6 Å². The van der Waals surface area contributed by atoms with Crippen LogP contribution in [0.3, 0.4) is 0 Å². The molecule has 2 N–H and O–H groups in total. The van der Waals surface area contributed by atoms with Crippen LogP contribution in [0.25, 0.3) is 16.5 Å². The third-order valence-electron chi connectivity index (χ3n) is 4.56. The first kappa shape index (κ1) is 17.7. The Morgan fingerprint density at radius 1 is 0.800 bits per heavy atom. The van der Waals surface area contributed by atoms with E-state index in [-0.39, 0.29) is 0 Å². The lowest BCUT2D eigenvalue weighted by Gasteiger charge is -2.09. The van der Waals surface area contributed by atoms with Gasteiger partial charge in [-0.25, -0.2) is 14.6 Å². The summed E-state index contributed by atoms with van der Waals surface area (Å²) in [6, 6.07) is 17.7. The minimum absolute atomic E-state index is 0.509. The predicted molar refractivity (Wildman–Crippen MR) is 116 cm³/mol. The number of nitrogens with one attached hydrogen (secondary N) is 2. The number of aryl methyl sites for hydroxylation is 1. The third kappa shape index (κ3) is 3.79. The third-order valence-corrected chi connectivity index (χ3v) is 4.56. The van der Waals surface area contributed by atoms with Crippen molar-refractivity contribution in [3.05, 3.63) is 85.3 Å². The van der Waals surface area contributed by atoms with Crippen LogP contribution in [-0.2, 0) is 0 Å². The number of benzene rings is 2. The Kier molecular flexibility index (Phi) is 4.49. The van der Waals surface area contributed by atoms with E-state index in [1.165, 1.54) is 0 Å². The highest BCUT2D eigenvalue weighted by atomic mass is 15.3. The Bertz CT molecular complexity index is 1310. The number of rotatable bonds is 5. The largest absolute Gasteiger partial charge is 0.340 e. The van der Waals surface area contributed by atoms with Crippen LogP contribution in [0, 0.1) is 6.92 Å². The van der Waals surface area contributed by atoms with E-state index in [9.17, 15) is 0 Å². The minimum atomic E-state index is 0.509. The van der Waals surface area contributed by atoms with Gasteiger partial charge in [0, 0.05) is 35.4 Å². The van der Waals surface area contributed by atoms with Gasteiger partial charge in [-0.05, 0) is 60.8 Å². The monoisotopic (exact) mass is 394 g/mol. The molecule has 8 nitrogen and oxygen atoms in total. The van der Waals surface area contributed by atoms with Gasteiger partial charge in [0.15, 0.2) is 0 Å². The molecule has 0 amide bonds. The maximum Gasteiger partial charge on any atom is 0.229 e. The summed E-state index contributed by atoms with van der Waals surface area (Å²) in [7, 11) is 0. The van der Waals surface area contributed by atoms with Crippen LogP contribution in [0.2, 0.25) is 0 Å². The molecule has 30 heavy (non-hydrogen) atoms. The normalized spacial score (nSPS) is 10.8. The number of aromatic nitrogens is 6. The maximum atomic E-state index is 4.55. The summed E-state index contributed by atoms with van der Waals surface area (Å²) in [5.41, 5.74) is 2.76. The lowest BCUT2D eigenvalue weighted by atomic mass is 10.1. The number of hydrogen-bond acceptors (Lipinski definition) is 7. The van der Waals surface area contributed by atoms with Crippen molar-refractivity contribution >= 4 is 33.9 Å². The summed E-state index contributed by atoms with van der Waals surface area (Å²) in [4.78, 5) is 17.2. The molecule has 0 saturated heterocycles. The summed E-state index contributed by atoms with van der Waals surface area (Å²) in [5, 5.41) is 13.1. The SMILES string of the molecule is Cc1ncn(-c2ccc(Nc3nccc(Nc4ccc5cnccc5c4)n3)cc2)n1. The van der Waals surface area contributed by atoms with Crippen molar-refractivity contribution in [3.63, 3.8) is 0 Å². The summed E-state index contributed by atoms with van der Waals surface area (Å²) in [6.45, 7) is 1.86. The maximum absolute atomic E-state index is 4.55. The van der Waals surface area contributed by atoms with Gasteiger partial charge < -0.3 is 10.6 Å². The van der Waals surface area contributed by atoms with Gasteiger partial charge in [0.25, 0.3) is 0 Å². The van der Waals surface area contributed by atoms with Crippen molar-refractivity contribution in [2.45, 2.75) is 6.92 Å². The molecule has 0 atom stereocenters. The molecule has 0 aliphatic heterocycles. The van der Waals surface area contributed by atoms with Crippen LogP contribution in [0.4, 0.5) is 23.1 Å². The molecule has 0 fully saturated rings. The van der Waals surface area contributed by atoms with E-state index in [2.05, 4.69) is 41.7 Å². The van der Waals surface area contributed by atoms with E-state index in [0.717, 1.165) is 33.7 Å². The number of pyridine rings is 1. The van der Waals surface area contributed by atoms with E-state index in [1.54, 1.807) is 23.4 Å². The summed E-state index contributed by atoms with van der Waals surface area (Å²) in [5.74, 6) is 1.95. The molecular formula is C22H18N8. The Morgan fingerprint density at radius 3 is 2.50 bits per heavy atom. The van der Waals surface area contributed by atoms with Crippen LogP contribution < -0.4 is 10.6 Å². The van der Waals surface area contributed by atoms with Crippen LogP contribution in [0.1, 0.15) is 5.82 Å². The zero-order chi connectivity index (χ0) is 20.3. The van der Waals surface area contributed by atoms with Crippen molar-refractivity contribution in [1.29, 1.82) is 0 Å². The van der Waals surface area contributed by atoms with E-state index in [1.807, 2.05) is 61.7 Å². The van der Waals surface area contributed by atoms with Gasteiger partial charge in [0.1, 0.15) is 18.0 Å². The Morgan fingerprint density at radius 2 is 1.67 bits per heavy atom. The summed E-state index contributed by atoms with van der Waals surface area (Å²) in [6.07, 6.45) is 7.05. The van der Waals surface area contributed by atoms with Crippen LogP contribution in [-0.4, -0.2) is 29.7 Å². The standard InChI is InChI=1S/C22H18N8/c1-15-25-14-30(29-15)20-6-4-18(5-7-20)27-22-24-11-9-21(28-22)26-19-3-2-17-13-23-10-8-16(17)12-19/h2-14H,1H3,(H2,24,26,27,28). The fraction of sp³-hybridized carbons (Fsp3) is 0.0455. The molecule has 8 heteroatoms. The Balaban J connectivity index is 1.32. The van der Waals surface area contributed by atoms with Crippen molar-refractivity contribution in [3.8, 4) is 5.69 Å². The number of hydrogen-bond donors (Lipinski definition) is 2. The molecule has 5 aromatic rings. The fourth-order valence-corrected chi connectivity index (χ4v) is 3.09. The average molecular weight is 394 g/mol. The van der Waals surface area contributed by atoms with E-state index >= 15 is 0 Å². The molecule has 0 aliphatic carbocycles. The van der Waals surface area contributed by atoms with E-state index in [4.69, 9.17) is 0 Å². The van der Waals surface area contributed by atoms with Gasteiger partial charge in [-0.1, -0.05) is 6.07 Å². The second kappa shape index (κ2) is 7.59. The fourth-order valence-electron chi connectivity index (χ4n) is 3.09. The van der Waals surface area contributed by atoms with Gasteiger partial charge in [0.05, 0.1) is 5.69 Å². The summed E-state index contributed by atoms with van der Waals surface area (Å²) >= 11 is 0. The molecule has 3 heterocycles. The lowest BCUT2D eigenvalue weighted by Crippen LogP contribution is -2.01. The van der Waals surface area contributed by atoms with Crippen LogP contribution in [0.15, 0.2) is 79.5 Å².